The highest BCUT2D eigenvalue weighted by atomic mass is 16.5. The molecular weight excluding hydrogens is 664 g/mol. The van der Waals surface area contributed by atoms with Gasteiger partial charge in [0.15, 0.2) is 0 Å². The van der Waals surface area contributed by atoms with Gasteiger partial charge in [-0.2, -0.15) is 0 Å². The van der Waals surface area contributed by atoms with Crippen LogP contribution in [0.1, 0.15) is 101 Å². The molecule has 1 saturated carbocycles. The summed E-state index contributed by atoms with van der Waals surface area (Å²) in [4.78, 5) is 82.1. The van der Waals surface area contributed by atoms with Gasteiger partial charge < -0.3 is 30.3 Å². The van der Waals surface area contributed by atoms with Gasteiger partial charge in [0.25, 0.3) is 5.91 Å². The molecule has 4 amide bonds. The van der Waals surface area contributed by atoms with Gasteiger partial charge in [0, 0.05) is 19.4 Å². The lowest BCUT2D eigenvalue weighted by Crippen LogP contribution is -2.61. The molecule has 52 heavy (non-hydrogen) atoms. The van der Waals surface area contributed by atoms with Gasteiger partial charge in [-0.05, 0) is 66.8 Å². The van der Waals surface area contributed by atoms with Crippen LogP contribution in [-0.2, 0) is 53.1 Å². The predicted molar refractivity (Wildman–Crippen MR) is 193 cm³/mol. The lowest BCUT2D eigenvalue weighted by Gasteiger charge is -2.40. The summed E-state index contributed by atoms with van der Waals surface area (Å²) in [7, 11) is 0. The molecule has 2 heterocycles. The van der Waals surface area contributed by atoms with Crippen LogP contribution < -0.4 is 20.7 Å². The Kier molecular flexibility index (Phi) is 14.2. The second-order valence-corrected chi connectivity index (χ2v) is 14.1. The number of esters is 1. The molecule has 5 rings (SSSR count). The number of ether oxygens (including phenoxy) is 2. The molecule has 0 aromatic heterocycles. The van der Waals surface area contributed by atoms with Crippen molar-refractivity contribution >= 4 is 35.4 Å². The minimum Gasteiger partial charge on any atom is -0.494 e. The van der Waals surface area contributed by atoms with E-state index in [1.165, 1.54) is 4.90 Å². The van der Waals surface area contributed by atoms with E-state index in [4.69, 9.17) is 9.47 Å². The molecule has 2 aromatic carbocycles. The summed E-state index contributed by atoms with van der Waals surface area (Å²) < 4.78 is 11.2. The van der Waals surface area contributed by atoms with E-state index in [9.17, 15) is 28.8 Å². The zero-order chi connectivity index (χ0) is 36.9. The molecule has 0 radical (unpaired) electrons. The number of amides is 4. The highest BCUT2D eigenvalue weighted by molar-refractivity contribution is 6.38. The van der Waals surface area contributed by atoms with E-state index in [1.807, 2.05) is 43.3 Å². The normalized spacial score (nSPS) is 20.6. The number of nitrogens with zero attached hydrogens (tertiary/aromatic N) is 1. The third-order valence-corrected chi connectivity index (χ3v) is 10.2. The Morgan fingerprint density at radius 1 is 0.942 bits per heavy atom. The summed E-state index contributed by atoms with van der Waals surface area (Å²) in [6, 6.07) is 11.8. The Morgan fingerprint density at radius 2 is 1.69 bits per heavy atom. The molecule has 3 atom stereocenters. The van der Waals surface area contributed by atoms with E-state index < -0.39 is 48.2 Å². The number of ketones is 1. The summed E-state index contributed by atoms with van der Waals surface area (Å²) >= 11 is 0. The van der Waals surface area contributed by atoms with Crippen LogP contribution in [0.3, 0.4) is 0 Å². The van der Waals surface area contributed by atoms with Crippen molar-refractivity contribution in [2.45, 2.75) is 122 Å². The number of fused-ring (bicyclic) bond motifs is 2. The first-order valence-corrected chi connectivity index (χ1v) is 18.9. The monoisotopic (exact) mass is 716 g/mol. The van der Waals surface area contributed by atoms with Gasteiger partial charge in [0.1, 0.15) is 31.0 Å². The smallest absolute Gasteiger partial charge is 0.325 e. The number of hydrogen-bond acceptors (Lipinski definition) is 8. The molecule has 3 aliphatic rings. The van der Waals surface area contributed by atoms with Crippen LogP contribution in [0.4, 0.5) is 0 Å². The first kappa shape index (κ1) is 38.5. The topological polar surface area (TPSA) is 160 Å². The van der Waals surface area contributed by atoms with Crippen molar-refractivity contribution in [3.8, 4) is 5.75 Å². The van der Waals surface area contributed by atoms with Crippen molar-refractivity contribution in [1.82, 2.24) is 20.9 Å². The Balaban J connectivity index is 1.33. The van der Waals surface area contributed by atoms with Gasteiger partial charge in [-0.25, -0.2) is 0 Å². The van der Waals surface area contributed by atoms with E-state index in [1.54, 1.807) is 12.1 Å². The number of carbonyl (C=O) groups is 6. The fourth-order valence-corrected chi connectivity index (χ4v) is 7.33. The average Bonchev–Trinajstić information content (AvgIpc) is 3.16. The second-order valence-electron chi connectivity index (χ2n) is 14.1. The second kappa shape index (κ2) is 19.2. The van der Waals surface area contributed by atoms with Crippen LogP contribution >= 0.6 is 0 Å². The maximum atomic E-state index is 14.6. The number of Topliss-reactive ketones (excluding diaryl/α,β-unsaturated/α-hetero) is 1. The quantitative estimate of drug-likeness (QED) is 0.232. The van der Waals surface area contributed by atoms with Crippen molar-refractivity contribution in [3.05, 3.63) is 65.2 Å². The van der Waals surface area contributed by atoms with E-state index in [2.05, 4.69) is 16.0 Å². The van der Waals surface area contributed by atoms with E-state index in [0.29, 0.717) is 31.6 Å². The standard InChI is InChI=1S/C40H52N4O8/c1-2-13-32(37(47)39(49)41-24-35(46)52-26-27-14-7-5-8-15-27)42-38(48)33-23-29-19-20-31-22-30(29)25-44(33)40(50)36(28-16-9-6-10-17-28)43-34(45)18-11-3-4-12-21-51-31/h5,7-8,14-15,19-20,22,28,32-33,36H,2-4,6,9-13,16-18,21,23-26H2,1H3,(H,41,49)(H,42,48)(H,43,45). The van der Waals surface area contributed by atoms with Crippen LogP contribution in [0.5, 0.6) is 5.75 Å². The number of hydrogen-bond donors (Lipinski definition) is 3. The van der Waals surface area contributed by atoms with Crippen molar-refractivity contribution in [2.24, 2.45) is 5.92 Å². The predicted octanol–water partition coefficient (Wildman–Crippen LogP) is 4.06. The zero-order valence-corrected chi connectivity index (χ0v) is 30.2. The number of rotatable bonds is 11. The molecule has 0 saturated heterocycles. The Labute approximate surface area is 305 Å². The largest absolute Gasteiger partial charge is 0.494 e. The average molecular weight is 717 g/mol. The highest BCUT2D eigenvalue weighted by Gasteiger charge is 2.42. The maximum absolute atomic E-state index is 14.6. The zero-order valence-electron chi connectivity index (χ0n) is 30.2. The van der Waals surface area contributed by atoms with E-state index in [0.717, 1.165) is 68.1 Å². The summed E-state index contributed by atoms with van der Waals surface area (Å²) in [6.07, 6.45) is 9.17. The first-order chi connectivity index (χ1) is 25.2. The van der Waals surface area contributed by atoms with Gasteiger partial charge >= 0.3 is 5.97 Å². The highest BCUT2D eigenvalue weighted by Crippen LogP contribution is 2.32. The lowest BCUT2D eigenvalue weighted by atomic mass is 9.82. The van der Waals surface area contributed by atoms with Crippen LogP contribution in [0.15, 0.2) is 48.5 Å². The molecule has 2 aliphatic heterocycles. The van der Waals surface area contributed by atoms with Crippen molar-refractivity contribution in [3.63, 3.8) is 0 Å². The van der Waals surface area contributed by atoms with Gasteiger partial charge in [0.05, 0.1) is 12.6 Å². The van der Waals surface area contributed by atoms with E-state index >= 15 is 0 Å². The maximum Gasteiger partial charge on any atom is 0.325 e. The molecule has 3 N–H and O–H groups in total. The molecule has 0 spiro atoms. The molecule has 1 fully saturated rings. The van der Waals surface area contributed by atoms with Crippen molar-refractivity contribution in [1.29, 1.82) is 0 Å². The van der Waals surface area contributed by atoms with Crippen LogP contribution in [0.25, 0.3) is 0 Å². The Bertz CT molecular complexity index is 1570. The Morgan fingerprint density at radius 3 is 2.46 bits per heavy atom. The van der Waals surface area contributed by atoms with Gasteiger partial charge in [0.2, 0.25) is 23.5 Å². The van der Waals surface area contributed by atoms with Crippen LogP contribution in [-0.4, -0.2) is 71.6 Å². The van der Waals surface area contributed by atoms with Gasteiger partial charge in [-0.1, -0.05) is 81.8 Å². The fourth-order valence-electron chi connectivity index (χ4n) is 7.33. The summed E-state index contributed by atoms with van der Waals surface area (Å²) in [5.74, 6) is -3.03. The molecular formula is C40H52N4O8. The van der Waals surface area contributed by atoms with Crippen LogP contribution in [0, 0.1) is 5.92 Å². The molecule has 2 aromatic rings. The van der Waals surface area contributed by atoms with E-state index in [-0.39, 0.29) is 43.7 Å². The number of benzene rings is 2. The molecule has 12 heteroatoms. The van der Waals surface area contributed by atoms with Gasteiger partial charge in [-0.15, -0.1) is 0 Å². The summed E-state index contributed by atoms with van der Waals surface area (Å²) in [5, 5.41) is 8.17. The minimum atomic E-state index is -1.17. The third-order valence-electron chi connectivity index (χ3n) is 10.2. The van der Waals surface area contributed by atoms with Crippen molar-refractivity contribution < 1.29 is 38.2 Å². The molecule has 3 bridgehead atoms. The van der Waals surface area contributed by atoms with Crippen LogP contribution in [0.2, 0.25) is 0 Å². The third kappa shape index (κ3) is 10.6. The lowest BCUT2D eigenvalue weighted by molar-refractivity contribution is -0.148. The first-order valence-electron chi connectivity index (χ1n) is 18.9. The fraction of sp³-hybridized carbons (Fsp3) is 0.550. The molecule has 280 valence electrons. The number of carbonyl (C=O) groups excluding carboxylic acids is 6. The number of nitrogens with one attached hydrogen (secondary N) is 3. The molecule has 1 aliphatic carbocycles. The Hall–Kier alpha value is -4.74. The summed E-state index contributed by atoms with van der Waals surface area (Å²) in [6.45, 7) is 2.01. The van der Waals surface area contributed by atoms with Crippen molar-refractivity contribution in [2.75, 3.05) is 13.2 Å². The molecule has 12 nitrogen and oxygen atoms in total. The minimum absolute atomic E-state index is 0.0252. The molecule has 3 unspecified atom stereocenters. The van der Waals surface area contributed by atoms with Gasteiger partial charge in [-0.3, -0.25) is 28.8 Å². The summed E-state index contributed by atoms with van der Waals surface area (Å²) in [5.41, 5.74) is 2.51. The SMILES string of the molecule is CCCC(NC(=O)C1Cc2ccc3cc2CN1C(=O)C(C1CCCCC1)NC(=O)CCCCCCO3)C(=O)C(=O)NCC(=O)OCc1ccccc1.